The van der Waals surface area contributed by atoms with Crippen molar-refractivity contribution < 1.29 is 4.79 Å². The maximum atomic E-state index is 12.6. The summed E-state index contributed by atoms with van der Waals surface area (Å²) in [6.45, 7) is 0. The first kappa shape index (κ1) is 14.8. The molecule has 0 saturated heterocycles. The monoisotopic (exact) mass is 319 g/mol. The number of nitrogens with two attached hydrogens (primary N) is 1. The average molecular weight is 319 g/mol. The van der Waals surface area contributed by atoms with E-state index in [0.29, 0.717) is 26.7 Å². The summed E-state index contributed by atoms with van der Waals surface area (Å²) in [5.74, 6) is -0.270. The standard InChI is InChI=1S/C18H13N3OS/c19-11-14-15(12-7-3-1-4-8-12)16(23-17(14)20)18(22)21-13-9-5-2-6-10-13/h1-10H,20H2,(H,21,22). The van der Waals surface area contributed by atoms with Gasteiger partial charge in [-0.25, -0.2) is 0 Å². The Morgan fingerprint density at radius 2 is 1.65 bits per heavy atom. The summed E-state index contributed by atoms with van der Waals surface area (Å²) in [7, 11) is 0. The number of carbonyl (C=O) groups excluding carboxylic acids is 1. The molecule has 4 nitrogen and oxygen atoms in total. The summed E-state index contributed by atoms with van der Waals surface area (Å²) in [6.07, 6.45) is 0. The molecule has 0 unspecified atom stereocenters. The predicted molar refractivity (Wildman–Crippen MR) is 93.3 cm³/mol. The van der Waals surface area contributed by atoms with Gasteiger partial charge in [-0.15, -0.1) is 11.3 Å². The summed E-state index contributed by atoms with van der Waals surface area (Å²) >= 11 is 1.13. The van der Waals surface area contributed by atoms with Crippen molar-refractivity contribution in [2.45, 2.75) is 0 Å². The van der Waals surface area contributed by atoms with E-state index < -0.39 is 0 Å². The zero-order valence-electron chi connectivity index (χ0n) is 12.1. The van der Waals surface area contributed by atoms with Crippen LogP contribution >= 0.6 is 11.3 Å². The Kier molecular flexibility index (Phi) is 4.09. The lowest BCUT2D eigenvalue weighted by atomic mass is 10.0. The van der Waals surface area contributed by atoms with Gasteiger partial charge in [-0.1, -0.05) is 48.5 Å². The van der Waals surface area contributed by atoms with Crippen molar-refractivity contribution in [1.82, 2.24) is 0 Å². The van der Waals surface area contributed by atoms with Crippen LogP contribution in [-0.2, 0) is 0 Å². The van der Waals surface area contributed by atoms with Gasteiger partial charge in [-0.3, -0.25) is 4.79 Å². The molecule has 0 aliphatic rings. The van der Waals surface area contributed by atoms with Gasteiger partial charge in [0.2, 0.25) is 0 Å². The molecular weight excluding hydrogens is 306 g/mol. The van der Waals surface area contributed by atoms with Crippen LogP contribution in [-0.4, -0.2) is 5.91 Å². The number of carbonyl (C=O) groups is 1. The number of thiophene rings is 1. The Balaban J connectivity index is 2.06. The third-order valence-electron chi connectivity index (χ3n) is 3.35. The van der Waals surface area contributed by atoms with Crippen LogP contribution in [0.15, 0.2) is 60.7 Å². The molecule has 112 valence electrons. The van der Waals surface area contributed by atoms with Crippen molar-refractivity contribution in [1.29, 1.82) is 5.26 Å². The molecular formula is C18H13N3OS. The van der Waals surface area contributed by atoms with Gasteiger partial charge in [0.15, 0.2) is 0 Å². The van der Waals surface area contributed by atoms with Crippen molar-refractivity contribution in [3.8, 4) is 17.2 Å². The van der Waals surface area contributed by atoms with Crippen molar-refractivity contribution in [2.24, 2.45) is 0 Å². The molecule has 0 aliphatic carbocycles. The molecule has 0 saturated carbocycles. The smallest absolute Gasteiger partial charge is 0.266 e. The fraction of sp³-hybridized carbons (Fsp3) is 0. The van der Waals surface area contributed by atoms with Crippen molar-refractivity contribution in [3.05, 3.63) is 71.1 Å². The van der Waals surface area contributed by atoms with Gasteiger partial charge in [-0.05, 0) is 17.7 Å². The van der Waals surface area contributed by atoms with E-state index in [1.165, 1.54) is 0 Å². The minimum atomic E-state index is -0.270. The quantitative estimate of drug-likeness (QED) is 0.762. The number of hydrogen-bond donors (Lipinski definition) is 2. The van der Waals surface area contributed by atoms with Gasteiger partial charge in [-0.2, -0.15) is 5.26 Å². The molecule has 3 aromatic rings. The maximum absolute atomic E-state index is 12.6. The van der Waals surface area contributed by atoms with E-state index in [1.807, 2.05) is 60.7 Å². The molecule has 0 atom stereocenters. The number of para-hydroxylation sites is 1. The first-order valence-electron chi connectivity index (χ1n) is 6.95. The van der Waals surface area contributed by atoms with Gasteiger partial charge in [0.05, 0.1) is 5.56 Å². The van der Waals surface area contributed by atoms with Crippen LogP contribution in [0.2, 0.25) is 0 Å². The van der Waals surface area contributed by atoms with Crippen LogP contribution in [0.3, 0.4) is 0 Å². The number of benzene rings is 2. The maximum Gasteiger partial charge on any atom is 0.266 e. The number of nitrogens with one attached hydrogen (secondary N) is 1. The predicted octanol–water partition coefficient (Wildman–Crippen LogP) is 4.12. The van der Waals surface area contributed by atoms with Crippen LogP contribution in [0.4, 0.5) is 10.7 Å². The number of hydrogen-bond acceptors (Lipinski definition) is 4. The molecule has 1 heterocycles. The number of amides is 1. The van der Waals surface area contributed by atoms with Gasteiger partial charge >= 0.3 is 0 Å². The summed E-state index contributed by atoms with van der Waals surface area (Å²) in [4.78, 5) is 13.1. The van der Waals surface area contributed by atoms with Gasteiger partial charge in [0.25, 0.3) is 5.91 Å². The lowest BCUT2D eigenvalue weighted by Crippen LogP contribution is -2.11. The summed E-state index contributed by atoms with van der Waals surface area (Å²) in [6, 6.07) is 20.6. The van der Waals surface area contributed by atoms with Gasteiger partial charge < -0.3 is 11.1 Å². The van der Waals surface area contributed by atoms with Gasteiger partial charge in [0, 0.05) is 11.3 Å². The second-order valence-electron chi connectivity index (χ2n) is 4.84. The number of nitrogens with zero attached hydrogens (tertiary/aromatic N) is 1. The highest BCUT2D eigenvalue weighted by atomic mass is 32.1. The fourth-order valence-electron chi connectivity index (χ4n) is 2.31. The minimum absolute atomic E-state index is 0.270. The van der Waals surface area contributed by atoms with Crippen LogP contribution in [0.25, 0.3) is 11.1 Å². The first-order chi connectivity index (χ1) is 11.2. The number of nitrogen functional groups attached to an aromatic ring is 1. The third kappa shape index (κ3) is 2.93. The Hall–Kier alpha value is -3.10. The van der Waals surface area contributed by atoms with Crippen LogP contribution in [0.1, 0.15) is 15.2 Å². The second kappa shape index (κ2) is 6.34. The Bertz CT molecular complexity index is 880. The molecule has 0 radical (unpaired) electrons. The van der Waals surface area contributed by atoms with Crippen LogP contribution < -0.4 is 11.1 Å². The summed E-state index contributed by atoms with van der Waals surface area (Å²) in [5.41, 5.74) is 8.37. The molecule has 2 aromatic carbocycles. The number of nitriles is 1. The van der Waals surface area contributed by atoms with Gasteiger partial charge in [0.1, 0.15) is 15.9 Å². The van der Waals surface area contributed by atoms with Crippen molar-refractivity contribution in [3.63, 3.8) is 0 Å². The van der Waals surface area contributed by atoms with E-state index in [4.69, 9.17) is 5.73 Å². The highest BCUT2D eigenvalue weighted by Crippen LogP contribution is 2.38. The Morgan fingerprint density at radius 3 is 2.26 bits per heavy atom. The highest BCUT2D eigenvalue weighted by Gasteiger charge is 2.22. The molecule has 3 rings (SSSR count). The molecule has 0 fully saturated rings. The minimum Gasteiger partial charge on any atom is -0.389 e. The molecule has 3 N–H and O–H groups in total. The second-order valence-corrected chi connectivity index (χ2v) is 5.90. The van der Waals surface area contributed by atoms with Crippen molar-refractivity contribution in [2.75, 3.05) is 11.1 Å². The highest BCUT2D eigenvalue weighted by molar-refractivity contribution is 7.18. The molecule has 23 heavy (non-hydrogen) atoms. The number of anilines is 2. The lowest BCUT2D eigenvalue weighted by Gasteiger charge is -2.06. The molecule has 5 heteroatoms. The van der Waals surface area contributed by atoms with E-state index in [-0.39, 0.29) is 5.91 Å². The largest absolute Gasteiger partial charge is 0.389 e. The van der Waals surface area contributed by atoms with E-state index in [9.17, 15) is 10.1 Å². The average Bonchev–Trinajstić information content (AvgIpc) is 2.93. The topological polar surface area (TPSA) is 78.9 Å². The molecule has 0 bridgehead atoms. The van der Waals surface area contributed by atoms with Crippen molar-refractivity contribution >= 4 is 27.9 Å². The molecule has 0 spiro atoms. The first-order valence-corrected chi connectivity index (χ1v) is 7.76. The SMILES string of the molecule is N#Cc1c(N)sc(C(=O)Nc2ccccc2)c1-c1ccccc1. The fourth-order valence-corrected chi connectivity index (χ4v) is 3.24. The summed E-state index contributed by atoms with van der Waals surface area (Å²) in [5, 5.41) is 12.6. The number of rotatable bonds is 3. The normalized spacial score (nSPS) is 10.0. The Labute approximate surface area is 137 Å². The zero-order chi connectivity index (χ0) is 16.2. The van der Waals surface area contributed by atoms with Crippen LogP contribution in [0, 0.1) is 11.3 Å². The van der Waals surface area contributed by atoms with E-state index in [0.717, 1.165) is 16.9 Å². The summed E-state index contributed by atoms with van der Waals surface area (Å²) < 4.78 is 0. The van der Waals surface area contributed by atoms with Crippen LogP contribution in [0.5, 0.6) is 0 Å². The molecule has 1 amide bonds. The molecule has 1 aromatic heterocycles. The van der Waals surface area contributed by atoms with E-state index in [2.05, 4.69) is 11.4 Å². The van der Waals surface area contributed by atoms with E-state index in [1.54, 1.807) is 0 Å². The van der Waals surface area contributed by atoms with E-state index >= 15 is 0 Å². The lowest BCUT2D eigenvalue weighted by molar-refractivity contribution is 0.103. The third-order valence-corrected chi connectivity index (χ3v) is 4.37. The Morgan fingerprint density at radius 1 is 1.04 bits per heavy atom. The molecule has 0 aliphatic heterocycles. The zero-order valence-corrected chi connectivity index (χ0v) is 12.9.